The zero-order valence-corrected chi connectivity index (χ0v) is 7.27. The van der Waals surface area contributed by atoms with Gasteiger partial charge >= 0.3 is 0 Å². The van der Waals surface area contributed by atoms with E-state index < -0.39 is 0 Å². The Kier molecular flexibility index (Phi) is 3.45. The van der Waals surface area contributed by atoms with Crippen LogP contribution in [0, 0.1) is 12.3 Å². The van der Waals surface area contributed by atoms with Gasteiger partial charge in [-0.1, -0.05) is 13.3 Å². The van der Waals surface area contributed by atoms with Gasteiger partial charge in [-0.25, -0.2) is 0 Å². The lowest BCUT2D eigenvalue weighted by Gasteiger charge is -2.30. The van der Waals surface area contributed by atoms with E-state index in [1.807, 2.05) is 0 Å². The van der Waals surface area contributed by atoms with Gasteiger partial charge in [0.2, 0.25) is 0 Å². The fraction of sp³-hybridized carbons (Fsp3) is 0.800. The molecule has 11 heavy (non-hydrogen) atoms. The average molecular weight is 151 g/mol. The Morgan fingerprint density at radius 2 is 2.36 bits per heavy atom. The van der Waals surface area contributed by atoms with Crippen molar-refractivity contribution >= 4 is 0 Å². The second-order valence-electron chi connectivity index (χ2n) is 3.31. The van der Waals surface area contributed by atoms with Crippen LogP contribution in [0.5, 0.6) is 0 Å². The summed E-state index contributed by atoms with van der Waals surface area (Å²) in [7, 11) is 0. The van der Waals surface area contributed by atoms with Crippen LogP contribution in [0.2, 0.25) is 0 Å². The Bertz CT molecular complexity index is 141. The molecule has 0 aromatic rings. The summed E-state index contributed by atoms with van der Waals surface area (Å²) in [6, 6.07) is 1.33. The van der Waals surface area contributed by atoms with Gasteiger partial charge in [0.05, 0.1) is 0 Å². The molecule has 1 aliphatic carbocycles. The summed E-state index contributed by atoms with van der Waals surface area (Å²) in [6.07, 6.45) is 11.4. The average Bonchev–Trinajstić information content (AvgIpc) is 1.94. The molecule has 0 saturated heterocycles. The lowest BCUT2D eigenvalue weighted by Crippen LogP contribution is -2.41. The van der Waals surface area contributed by atoms with E-state index in [9.17, 15) is 0 Å². The molecule has 1 nitrogen and oxygen atoms in total. The van der Waals surface area contributed by atoms with Gasteiger partial charge in [0.15, 0.2) is 0 Å². The summed E-state index contributed by atoms with van der Waals surface area (Å²) < 4.78 is 0. The molecule has 0 radical (unpaired) electrons. The van der Waals surface area contributed by atoms with E-state index in [1.54, 1.807) is 0 Å². The minimum absolute atomic E-state index is 0.560. The van der Waals surface area contributed by atoms with Gasteiger partial charge in [-0.05, 0) is 19.3 Å². The number of nitrogens with one attached hydrogen (secondary N) is 1. The largest absolute Gasteiger partial charge is 0.310 e. The molecular formula is C10H17N. The predicted octanol–water partition coefficient (Wildman–Crippen LogP) is 1.93. The summed E-state index contributed by atoms with van der Waals surface area (Å²) in [6.45, 7) is 2.19. The summed E-state index contributed by atoms with van der Waals surface area (Å²) >= 11 is 0. The van der Waals surface area contributed by atoms with Crippen LogP contribution < -0.4 is 5.32 Å². The predicted molar refractivity (Wildman–Crippen MR) is 48.3 cm³/mol. The lowest BCUT2D eigenvalue weighted by molar-refractivity contribution is 0.301. The van der Waals surface area contributed by atoms with Gasteiger partial charge in [0.25, 0.3) is 0 Å². The maximum atomic E-state index is 5.25. The monoisotopic (exact) mass is 151 g/mol. The van der Waals surface area contributed by atoms with Crippen LogP contribution in [-0.2, 0) is 0 Å². The molecule has 0 spiro atoms. The number of hydrogen-bond donors (Lipinski definition) is 1. The molecule has 62 valence electrons. The van der Waals surface area contributed by atoms with Crippen molar-refractivity contribution in [3.63, 3.8) is 0 Å². The highest BCUT2D eigenvalue weighted by Crippen LogP contribution is 2.19. The van der Waals surface area contributed by atoms with Gasteiger partial charge in [0.1, 0.15) is 0 Å². The molecule has 1 rings (SSSR count). The fourth-order valence-corrected chi connectivity index (χ4v) is 1.37. The summed E-state index contributed by atoms with van der Waals surface area (Å²) in [5, 5.41) is 3.56. The molecule has 1 fully saturated rings. The molecule has 1 heteroatoms. The first kappa shape index (κ1) is 8.62. The van der Waals surface area contributed by atoms with Crippen LogP contribution in [0.25, 0.3) is 0 Å². The Morgan fingerprint density at radius 3 is 2.73 bits per heavy atom. The fourth-order valence-electron chi connectivity index (χ4n) is 1.37. The van der Waals surface area contributed by atoms with Crippen LogP contribution in [0.15, 0.2) is 0 Å². The Balaban J connectivity index is 2.14. The van der Waals surface area contributed by atoms with Crippen molar-refractivity contribution in [2.75, 3.05) is 0 Å². The maximum absolute atomic E-state index is 5.25. The molecule has 0 bridgehead atoms. The summed E-state index contributed by atoms with van der Waals surface area (Å²) in [4.78, 5) is 0. The highest BCUT2D eigenvalue weighted by molar-refractivity contribution is 4.91. The van der Waals surface area contributed by atoms with Crippen LogP contribution in [0.1, 0.15) is 39.0 Å². The molecule has 1 aliphatic rings. The topological polar surface area (TPSA) is 12.0 Å². The molecule has 0 aromatic heterocycles. The molecule has 0 aliphatic heterocycles. The molecule has 0 heterocycles. The molecule has 0 amide bonds. The van der Waals surface area contributed by atoms with Crippen molar-refractivity contribution in [2.45, 2.75) is 51.1 Å². The molecule has 1 atom stereocenters. The Hall–Kier alpha value is -0.480. The van der Waals surface area contributed by atoms with Crippen LogP contribution in [-0.4, -0.2) is 12.1 Å². The Morgan fingerprint density at radius 1 is 1.64 bits per heavy atom. The second-order valence-corrected chi connectivity index (χ2v) is 3.31. The van der Waals surface area contributed by atoms with Crippen molar-refractivity contribution in [3.8, 4) is 12.3 Å². The van der Waals surface area contributed by atoms with Crippen LogP contribution in [0.3, 0.4) is 0 Å². The number of rotatable bonds is 4. The van der Waals surface area contributed by atoms with Crippen molar-refractivity contribution in [1.29, 1.82) is 0 Å². The van der Waals surface area contributed by atoms with Gasteiger partial charge in [-0.3, -0.25) is 0 Å². The maximum Gasteiger partial charge on any atom is 0.0240 e. The molecule has 0 aromatic carbocycles. The van der Waals surface area contributed by atoms with E-state index in [0.29, 0.717) is 6.04 Å². The van der Waals surface area contributed by atoms with Crippen molar-refractivity contribution in [3.05, 3.63) is 0 Å². The van der Waals surface area contributed by atoms with Crippen molar-refractivity contribution in [1.82, 2.24) is 5.32 Å². The van der Waals surface area contributed by atoms with Gasteiger partial charge in [-0.15, -0.1) is 12.3 Å². The quantitative estimate of drug-likeness (QED) is 0.605. The summed E-state index contributed by atoms with van der Waals surface area (Å²) in [5.41, 5.74) is 0. The highest BCUT2D eigenvalue weighted by Gasteiger charge is 2.19. The number of terminal acetylenes is 1. The first-order valence-corrected chi connectivity index (χ1v) is 4.56. The third-order valence-electron chi connectivity index (χ3n) is 2.43. The van der Waals surface area contributed by atoms with Gasteiger partial charge in [0, 0.05) is 18.5 Å². The van der Waals surface area contributed by atoms with Gasteiger partial charge in [-0.2, -0.15) is 0 Å². The first-order valence-electron chi connectivity index (χ1n) is 4.56. The smallest absolute Gasteiger partial charge is 0.0240 e. The zero-order chi connectivity index (χ0) is 8.10. The second kappa shape index (κ2) is 4.41. The highest BCUT2D eigenvalue weighted by atomic mass is 15.0. The molecular weight excluding hydrogens is 134 g/mol. The first-order chi connectivity index (χ1) is 5.36. The van der Waals surface area contributed by atoms with Crippen LogP contribution in [0.4, 0.5) is 0 Å². The molecule has 1 saturated carbocycles. The normalized spacial score (nSPS) is 20.4. The standard InChI is InChI=1S/C10H17N/c1-3-6-9(4-2)11-10-7-5-8-10/h1,9-11H,4-8H2,2H3. The lowest BCUT2D eigenvalue weighted by atomic mass is 9.92. The van der Waals surface area contributed by atoms with E-state index >= 15 is 0 Å². The SMILES string of the molecule is C#CCC(CC)NC1CCC1. The van der Waals surface area contributed by atoms with E-state index in [0.717, 1.165) is 18.9 Å². The minimum Gasteiger partial charge on any atom is -0.310 e. The summed E-state index contributed by atoms with van der Waals surface area (Å²) in [5.74, 6) is 2.71. The van der Waals surface area contributed by atoms with Gasteiger partial charge < -0.3 is 5.32 Å². The number of hydrogen-bond acceptors (Lipinski definition) is 1. The third kappa shape index (κ3) is 2.55. The minimum atomic E-state index is 0.560. The van der Waals surface area contributed by atoms with Crippen molar-refractivity contribution in [2.24, 2.45) is 0 Å². The van der Waals surface area contributed by atoms with E-state index in [2.05, 4.69) is 18.2 Å². The van der Waals surface area contributed by atoms with E-state index in [-0.39, 0.29) is 0 Å². The van der Waals surface area contributed by atoms with E-state index in [4.69, 9.17) is 6.42 Å². The Labute approximate surface area is 69.6 Å². The molecule has 1 unspecified atom stereocenters. The van der Waals surface area contributed by atoms with Crippen LogP contribution >= 0.6 is 0 Å². The third-order valence-corrected chi connectivity index (χ3v) is 2.43. The van der Waals surface area contributed by atoms with E-state index in [1.165, 1.54) is 19.3 Å². The molecule has 1 N–H and O–H groups in total. The van der Waals surface area contributed by atoms with Crippen molar-refractivity contribution < 1.29 is 0 Å². The zero-order valence-electron chi connectivity index (χ0n) is 7.27.